The van der Waals surface area contributed by atoms with Gasteiger partial charge in [0.15, 0.2) is 0 Å². The normalized spacial score (nSPS) is 30.7. The molecule has 0 saturated carbocycles. The van der Waals surface area contributed by atoms with Gasteiger partial charge < -0.3 is 11.1 Å². The summed E-state index contributed by atoms with van der Waals surface area (Å²) in [5.41, 5.74) is 8.96. The summed E-state index contributed by atoms with van der Waals surface area (Å²) >= 11 is 0. The fraction of sp³-hybridized carbons (Fsp3) is 0.538. The number of rotatable bonds is 2. The van der Waals surface area contributed by atoms with Crippen molar-refractivity contribution in [2.45, 2.75) is 31.7 Å². The molecule has 1 aromatic carbocycles. The first-order chi connectivity index (χ1) is 7.13. The first-order valence-electron chi connectivity index (χ1n) is 5.72. The number of hydrogen-bond donors (Lipinski definition) is 2. The monoisotopic (exact) mass is 204 g/mol. The van der Waals surface area contributed by atoms with Gasteiger partial charge in [-0.25, -0.2) is 0 Å². The van der Waals surface area contributed by atoms with Crippen molar-refractivity contribution in [2.75, 3.05) is 13.1 Å². The molecule has 3 N–H and O–H groups in total. The molecule has 2 heteroatoms. The third kappa shape index (κ3) is 2.06. The van der Waals surface area contributed by atoms with E-state index in [2.05, 4.69) is 43.4 Å². The maximum atomic E-state index is 6.28. The van der Waals surface area contributed by atoms with Gasteiger partial charge in [-0.3, -0.25) is 0 Å². The van der Waals surface area contributed by atoms with Crippen LogP contribution in [-0.4, -0.2) is 18.6 Å². The second kappa shape index (κ2) is 3.95. The van der Waals surface area contributed by atoms with Crippen LogP contribution in [0.25, 0.3) is 0 Å². The van der Waals surface area contributed by atoms with Crippen molar-refractivity contribution in [3.8, 4) is 0 Å². The van der Waals surface area contributed by atoms with E-state index in [-0.39, 0.29) is 5.54 Å². The smallest absolute Gasteiger partial charge is 0.0333 e. The number of benzene rings is 1. The molecule has 1 aromatic rings. The van der Waals surface area contributed by atoms with Crippen molar-refractivity contribution >= 4 is 0 Å². The van der Waals surface area contributed by atoms with E-state index in [0.29, 0.717) is 5.92 Å². The SMILES string of the molecule is CCc1cccc([C@@H]2CNC[C@@]2(C)N)c1. The van der Waals surface area contributed by atoms with Gasteiger partial charge in [0.1, 0.15) is 0 Å². The van der Waals surface area contributed by atoms with Crippen molar-refractivity contribution in [3.63, 3.8) is 0 Å². The highest BCUT2D eigenvalue weighted by Crippen LogP contribution is 2.29. The molecule has 1 aliphatic rings. The molecule has 1 fully saturated rings. The highest BCUT2D eigenvalue weighted by atomic mass is 15.0. The Hall–Kier alpha value is -0.860. The van der Waals surface area contributed by atoms with E-state index in [1.54, 1.807) is 0 Å². The lowest BCUT2D eigenvalue weighted by atomic mass is 9.84. The zero-order valence-corrected chi connectivity index (χ0v) is 9.59. The van der Waals surface area contributed by atoms with Crippen LogP contribution >= 0.6 is 0 Å². The van der Waals surface area contributed by atoms with E-state index in [4.69, 9.17) is 5.73 Å². The number of aryl methyl sites for hydroxylation is 1. The summed E-state index contributed by atoms with van der Waals surface area (Å²) in [6.45, 7) is 6.23. The van der Waals surface area contributed by atoms with Crippen LogP contribution in [0.1, 0.15) is 30.9 Å². The Kier molecular flexibility index (Phi) is 2.81. The average Bonchev–Trinajstić information content (AvgIpc) is 2.58. The summed E-state index contributed by atoms with van der Waals surface area (Å²) in [5.74, 6) is 0.448. The van der Waals surface area contributed by atoms with Crippen LogP contribution in [0.15, 0.2) is 24.3 Å². The van der Waals surface area contributed by atoms with Crippen molar-refractivity contribution in [3.05, 3.63) is 35.4 Å². The lowest BCUT2D eigenvalue weighted by Crippen LogP contribution is -2.42. The molecule has 0 radical (unpaired) electrons. The number of nitrogens with two attached hydrogens (primary N) is 1. The second-order valence-corrected chi connectivity index (χ2v) is 4.79. The largest absolute Gasteiger partial charge is 0.324 e. The summed E-state index contributed by atoms with van der Waals surface area (Å²) < 4.78 is 0. The van der Waals surface area contributed by atoms with Crippen molar-refractivity contribution < 1.29 is 0 Å². The van der Waals surface area contributed by atoms with Gasteiger partial charge in [-0.1, -0.05) is 31.2 Å². The first-order valence-corrected chi connectivity index (χ1v) is 5.72. The first kappa shape index (κ1) is 10.7. The fourth-order valence-electron chi connectivity index (χ4n) is 2.37. The van der Waals surface area contributed by atoms with Crippen LogP contribution in [0.2, 0.25) is 0 Å². The van der Waals surface area contributed by atoms with Crippen LogP contribution in [0.5, 0.6) is 0 Å². The van der Waals surface area contributed by atoms with E-state index in [0.717, 1.165) is 19.5 Å². The minimum atomic E-state index is -0.105. The minimum absolute atomic E-state index is 0.105. The summed E-state index contributed by atoms with van der Waals surface area (Å²) in [6, 6.07) is 8.81. The topological polar surface area (TPSA) is 38.0 Å². The van der Waals surface area contributed by atoms with Gasteiger partial charge in [0.05, 0.1) is 0 Å². The Morgan fingerprint density at radius 1 is 1.53 bits per heavy atom. The maximum absolute atomic E-state index is 6.28. The Labute approximate surface area is 91.9 Å². The summed E-state index contributed by atoms with van der Waals surface area (Å²) in [6.07, 6.45) is 1.09. The highest BCUT2D eigenvalue weighted by Gasteiger charge is 2.35. The van der Waals surface area contributed by atoms with E-state index < -0.39 is 0 Å². The van der Waals surface area contributed by atoms with Crippen LogP contribution in [-0.2, 0) is 6.42 Å². The standard InChI is InChI=1S/C13H20N2/c1-3-10-5-4-6-11(7-10)12-8-15-9-13(12,2)14/h4-7,12,15H,3,8-9,14H2,1-2H3/t12-,13+/m0/s1. The molecule has 15 heavy (non-hydrogen) atoms. The lowest BCUT2D eigenvalue weighted by Gasteiger charge is -2.26. The molecule has 2 rings (SSSR count). The van der Waals surface area contributed by atoms with Gasteiger partial charge in [0.2, 0.25) is 0 Å². The molecule has 1 saturated heterocycles. The summed E-state index contributed by atoms with van der Waals surface area (Å²) in [7, 11) is 0. The van der Waals surface area contributed by atoms with Gasteiger partial charge in [-0.05, 0) is 24.5 Å². The molecule has 0 unspecified atom stereocenters. The Bertz CT molecular complexity index is 344. The van der Waals surface area contributed by atoms with Gasteiger partial charge in [-0.2, -0.15) is 0 Å². The zero-order valence-electron chi connectivity index (χ0n) is 9.59. The highest BCUT2D eigenvalue weighted by molar-refractivity contribution is 5.30. The molecule has 2 nitrogen and oxygen atoms in total. The van der Waals surface area contributed by atoms with Crippen LogP contribution in [0, 0.1) is 0 Å². The second-order valence-electron chi connectivity index (χ2n) is 4.79. The van der Waals surface area contributed by atoms with Gasteiger partial charge in [-0.15, -0.1) is 0 Å². The Morgan fingerprint density at radius 2 is 2.33 bits per heavy atom. The Morgan fingerprint density at radius 3 is 2.93 bits per heavy atom. The zero-order chi connectivity index (χ0) is 10.9. The number of nitrogens with one attached hydrogen (secondary N) is 1. The van der Waals surface area contributed by atoms with Crippen LogP contribution in [0.3, 0.4) is 0 Å². The maximum Gasteiger partial charge on any atom is 0.0333 e. The summed E-state index contributed by atoms with van der Waals surface area (Å²) in [5, 5.41) is 3.37. The fourth-order valence-corrected chi connectivity index (χ4v) is 2.37. The van der Waals surface area contributed by atoms with E-state index >= 15 is 0 Å². The quantitative estimate of drug-likeness (QED) is 0.769. The van der Waals surface area contributed by atoms with Crippen LogP contribution < -0.4 is 11.1 Å². The molecule has 0 aliphatic carbocycles. The van der Waals surface area contributed by atoms with Crippen LogP contribution in [0.4, 0.5) is 0 Å². The Balaban J connectivity index is 2.29. The minimum Gasteiger partial charge on any atom is -0.324 e. The third-order valence-corrected chi connectivity index (χ3v) is 3.41. The van der Waals surface area contributed by atoms with E-state index in [9.17, 15) is 0 Å². The predicted octanol–water partition coefficient (Wildman–Crippen LogP) is 1.65. The van der Waals surface area contributed by atoms with Crippen molar-refractivity contribution in [1.29, 1.82) is 0 Å². The van der Waals surface area contributed by atoms with Gasteiger partial charge >= 0.3 is 0 Å². The molecule has 1 heterocycles. The molecule has 0 spiro atoms. The molecule has 2 atom stereocenters. The molecule has 0 aromatic heterocycles. The lowest BCUT2D eigenvalue weighted by molar-refractivity contribution is 0.462. The van der Waals surface area contributed by atoms with Crippen molar-refractivity contribution in [2.24, 2.45) is 5.73 Å². The molecule has 0 bridgehead atoms. The third-order valence-electron chi connectivity index (χ3n) is 3.41. The molecular weight excluding hydrogens is 184 g/mol. The predicted molar refractivity (Wildman–Crippen MR) is 64.0 cm³/mol. The summed E-state index contributed by atoms with van der Waals surface area (Å²) in [4.78, 5) is 0. The molecule has 0 amide bonds. The van der Waals surface area contributed by atoms with E-state index in [1.807, 2.05) is 0 Å². The van der Waals surface area contributed by atoms with Gasteiger partial charge in [0.25, 0.3) is 0 Å². The van der Waals surface area contributed by atoms with E-state index in [1.165, 1.54) is 11.1 Å². The number of hydrogen-bond acceptors (Lipinski definition) is 2. The molecule has 82 valence electrons. The average molecular weight is 204 g/mol. The van der Waals surface area contributed by atoms with Gasteiger partial charge in [0, 0.05) is 24.5 Å². The molecule has 1 aliphatic heterocycles. The van der Waals surface area contributed by atoms with Crippen molar-refractivity contribution in [1.82, 2.24) is 5.32 Å². The molecular formula is C13H20N2.